The fraction of sp³-hybridized carbons (Fsp3) is 0.920. The summed E-state index contributed by atoms with van der Waals surface area (Å²) in [5.74, 6) is 0.969. The van der Waals surface area contributed by atoms with Crippen molar-refractivity contribution in [1.29, 1.82) is 0 Å². The number of hydrogen-bond acceptors (Lipinski definition) is 3. The summed E-state index contributed by atoms with van der Waals surface area (Å²) in [7, 11) is 4.22. The zero-order valence-corrected chi connectivity index (χ0v) is 20.1. The molecule has 2 rings (SSSR count). The van der Waals surface area contributed by atoms with Gasteiger partial charge in [-0.1, -0.05) is 58.8 Å². The van der Waals surface area contributed by atoms with Gasteiger partial charge in [-0.3, -0.25) is 9.59 Å². The number of unbranched alkanes of at least 4 members (excludes halogenated alkanes) is 2. The molecule has 2 amide bonds. The molecule has 0 spiro atoms. The summed E-state index contributed by atoms with van der Waals surface area (Å²) in [6, 6.07) is -0.398. The lowest BCUT2D eigenvalue weighted by Gasteiger charge is -2.37. The monoisotopic (exact) mass is 421 g/mol. The highest BCUT2D eigenvalue weighted by atomic mass is 16.2. The summed E-state index contributed by atoms with van der Waals surface area (Å²) in [5, 5.41) is 6.29. The third-order valence-electron chi connectivity index (χ3n) is 7.72. The van der Waals surface area contributed by atoms with Gasteiger partial charge < -0.3 is 15.5 Å². The van der Waals surface area contributed by atoms with Crippen LogP contribution in [0.1, 0.15) is 104 Å². The summed E-state index contributed by atoms with van der Waals surface area (Å²) < 4.78 is 0. The first-order chi connectivity index (χ1) is 14.4. The fourth-order valence-corrected chi connectivity index (χ4v) is 5.43. The zero-order chi connectivity index (χ0) is 22.0. The summed E-state index contributed by atoms with van der Waals surface area (Å²) in [5.41, 5.74) is 0.0760. The van der Waals surface area contributed by atoms with Crippen LogP contribution >= 0.6 is 0 Å². The molecule has 0 heterocycles. The molecule has 0 bridgehead atoms. The molecule has 0 aromatic carbocycles. The molecule has 0 unspecified atom stereocenters. The van der Waals surface area contributed by atoms with Crippen molar-refractivity contribution in [3.05, 3.63) is 0 Å². The van der Waals surface area contributed by atoms with Crippen molar-refractivity contribution in [3.8, 4) is 0 Å². The number of likely N-dealkylation sites (N-methyl/N-ethyl adjacent to an activating group) is 1. The van der Waals surface area contributed by atoms with Crippen molar-refractivity contribution >= 4 is 11.8 Å². The molecular formula is C25H47N3O2. The van der Waals surface area contributed by atoms with Crippen LogP contribution in [0.3, 0.4) is 0 Å². The SMILES string of the molecule is CCCCCC1CCC(C(=O)N[C@@H](CCC)C(=O)NCC2(N(C)C)CCCC2)CC1. The molecule has 0 aliphatic heterocycles. The molecule has 30 heavy (non-hydrogen) atoms. The highest BCUT2D eigenvalue weighted by Crippen LogP contribution is 2.33. The van der Waals surface area contributed by atoms with Gasteiger partial charge in [0.15, 0.2) is 0 Å². The third-order valence-corrected chi connectivity index (χ3v) is 7.72. The van der Waals surface area contributed by atoms with E-state index < -0.39 is 6.04 Å². The van der Waals surface area contributed by atoms with Crippen LogP contribution in [0.15, 0.2) is 0 Å². The van der Waals surface area contributed by atoms with Gasteiger partial charge in [0, 0.05) is 18.0 Å². The number of rotatable bonds is 12. The standard InChI is InChI=1S/C25H47N3O2/c1-5-7-8-12-20-13-15-21(16-14-20)23(29)27-22(11-6-2)24(30)26-19-25(28(3)4)17-9-10-18-25/h20-22H,5-19H2,1-4H3,(H,26,30)(H,27,29)/t20?,21?,22-/m0/s1. The van der Waals surface area contributed by atoms with E-state index in [1.165, 1.54) is 38.5 Å². The maximum atomic E-state index is 12.9. The average molecular weight is 422 g/mol. The van der Waals surface area contributed by atoms with E-state index in [1.807, 2.05) is 0 Å². The van der Waals surface area contributed by atoms with Crippen LogP contribution in [0.5, 0.6) is 0 Å². The summed E-state index contributed by atoms with van der Waals surface area (Å²) >= 11 is 0. The minimum absolute atomic E-state index is 0.00780. The van der Waals surface area contributed by atoms with E-state index in [-0.39, 0.29) is 23.3 Å². The molecule has 2 fully saturated rings. The predicted molar refractivity (Wildman–Crippen MR) is 124 cm³/mol. The van der Waals surface area contributed by atoms with Gasteiger partial charge in [0.25, 0.3) is 0 Å². The van der Waals surface area contributed by atoms with E-state index in [9.17, 15) is 9.59 Å². The molecule has 5 heteroatoms. The van der Waals surface area contributed by atoms with Crippen molar-refractivity contribution in [1.82, 2.24) is 15.5 Å². The quantitative estimate of drug-likeness (QED) is 0.451. The van der Waals surface area contributed by atoms with Gasteiger partial charge >= 0.3 is 0 Å². The third kappa shape index (κ3) is 7.25. The number of nitrogens with one attached hydrogen (secondary N) is 2. The molecule has 1 atom stereocenters. The highest BCUT2D eigenvalue weighted by molar-refractivity contribution is 5.88. The molecular weight excluding hydrogens is 374 g/mol. The Balaban J connectivity index is 1.81. The van der Waals surface area contributed by atoms with Crippen LogP contribution < -0.4 is 10.6 Å². The fourth-order valence-electron chi connectivity index (χ4n) is 5.43. The first kappa shape index (κ1) is 25.2. The van der Waals surface area contributed by atoms with E-state index in [0.717, 1.165) is 50.9 Å². The molecule has 174 valence electrons. The van der Waals surface area contributed by atoms with Gasteiger partial charge in [0.2, 0.25) is 11.8 Å². The Morgan fingerprint density at radius 1 is 1.00 bits per heavy atom. The number of amides is 2. The number of nitrogens with zero attached hydrogens (tertiary/aromatic N) is 1. The summed E-state index contributed by atoms with van der Waals surface area (Å²) in [6.45, 7) is 5.00. The lowest BCUT2D eigenvalue weighted by Crippen LogP contribution is -2.55. The van der Waals surface area contributed by atoms with Gasteiger partial charge in [0.1, 0.15) is 6.04 Å². The van der Waals surface area contributed by atoms with Gasteiger partial charge in [-0.15, -0.1) is 0 Å². The van der Waals surface area contributed by atoms with Gasteiger partial charge in [0.05, 0.1) is 0 Å². The number of carbonyl (C=O) groups is 2. The number of hydrogen-bond donors (Lipinski definition) is 2. The largest absolute Gasteiger partial charge is 0.352 e. The van der Waals surface area contributed by atoms with E-state index >= 15 is 0 Å². The van der Waals surface area contributed by atoms with E-state index in [4.69, 9.17) is 0 Å². The maximum absolute atomic E-state index is 12.9. The van der Waals surface area contributed by atoms with Gasteiger partial charge in [-0.25, -0.2) is 0 Å². The zero-order valence-electron chi connectivity index (χ0n) is 20.1. The Kier molecular flexibility index (Phi) is 10.6. The van der Waals surface area contributed by atoms with Crippen LogP contribution in [0.2, 0.25) is 0 Å². The van der Waals surface area contributed by atoms with Crippen molar-refractivity contribution in [3.63, 3.8) is 0 Å². The first-order valence-corrected chi connectivity index (χ1v) is 12.7. The van der Waals surface area contributed by atoms with Crippen LogP contribution in [0, 0.1) is 11.8 Å². The van der Waals surface area contributed by atoms with Crippen LogP contribution in [-0.2, 0) is 9.59 Å². The molecule has 5 nitrogen and oxygen atoms in total. The van der Waals surface area contributed by atoms with Crippen molar-refractivity contribution in [2.24, 2.45) is 11.8 Å². The lowest BCUT2D eigenvalue weighted by atomic mass is 9.79. The normalized spacial score (nSPS) is 24.6. The van der Waals surface area contributed by atoms with Crippen LogP contribution in [0.25, 0.3) is 0 Å². The summed E-state index contributed by atoms with van der Waals surface area (Å²) in [4.78, 5) is 28.1. The lowest BCUT2D eigenvalue weighted by molar-refractivity contribution is -0.132. The van der Waals surface area contributed by atoms with Crippen molar-refractivity contribution in [2.45, 2.75) is 115 Å². The van der Waals surface area contributed by atoms with Crippen molar-refractivity contribution < 1.29 is 9.59 Å². The van der Waals surface area contributed by atoms with E-state index in [0.29, 0.717) is 13.0 Å². The minimum Gasteiger partial charge on any atom is -0.352 e. The number of carbonyl (C=O) groups excluding carboxylic acids is 2. The summed E-state index contributed by atoms with van der Waals surface area (Å²) in [6.07, 6.45) is 15.8. The highest BCUT2D eigenvalue weighted by Gasteiger charge is 2.37. The Hall–Kier alpha value is -1.10. The Morgan fingerprint density at radius 3 is 2.23 bits per heavy atom. The minimum atomic E-state index is -0.398. The molecule has 2 aliphatic rings. The molecule has 0 radical (unpaired) electrons. The molecule has 2 saturated carbocycles. The van der Waals surface area contributed by atoms with E-state index in [1.54, 1.807) is 0 Å². The van der Waals surface area contributed by atoms with Crippen LogP contribution in [-0.4, -0.2) is 48.9 Å². The average Bonchev–Trinajstić information content (AvgIpc) is 3.23. The van der Waals surface area contributed by atoms with Crippen LogP contribution in [0.4, 0.5) is 0 Å². The second-order valence-electron chi connectivity index (χ2n) is 10.1. The van der Waals surface area contributed by atoms with Crippen molar-refractivity contribution in [2.75, 3.05) is 20.6 Å². The Bertz CT molecular complexity index is 520. The van der Waals surface area contributed by atoms with Gasteiger partial charge in [-0.2, -0.15) is 0 Å². The predicted octanol–water partition coefficient (Wildman–Crippen LogP) is 4.65. The molecule has 2 aliphatic carbocycles. The second-order valence-corrected chi connectivity index (χ2v) is 10.1. The topological polar surface area (TPSA) is 61.4 Å². The molecule has 2 N–H and O–H groups in total. The molecule has 0 aromatic rings. The Labute approximate surface area is 185 Å². The smallest absolute Gasteiger partial charge is 0.242 e. The van der Waals surface area contributed by atoms with E-state index in [2.05, 4.69) is 43.5 Å². The first-order valence-electron chi connectivity index (χ1n) is 12.7. The second kappa shape index (κ2) is 12.7. The molecule has 0 aromatic heterocycles. The maximum Gasteiger partial charge on any atom is 0.242 e. The molecule has 0 saturated heterocycles. The Morgan fingerprint density at radius 2 is 1.67 bits per heavy atom. The van der Waals surface area contributed by atoms with Gasteiger partial charge in [-0.05, 0) is 65.0 Å².